The van der Waals surface area contributed by atoms with Gasteiger partial charge in [-0.3, -0.25) is 4.90 Å². The minimum absolute atomic E-state index is 0.140. The first-order chi connectivity index (χ1) is 8.28. The Bertz CT molecular complexity index is 354. The number of aliphatic hydroxyl groups is 1. The quantitative estimate of drug-likeness (QED) is 0.843. The highest BCUT2D eigenvalue weighted by molar-refractivity contribution is 5.28. The summed E-state index contributed by atoms with van der Waals surface area (Å²) in [7, 11) is 0. The van der Waals surface area contributed by atoms with E-state index < -0.39 is 0 Å². The second-order valence-corrected chi connectivity index (χ2v) is 4.59. The van der Waals surface area contributed by atoms with Crippen LogP contribution in [0.3, 0.4) is 0 Å². The largest absolute Gasteiger partial charge is 0.492 e. The summed E-state index contributed by atoms with van der Waals surface area (Å²) in [6, 6.07) is 8.24. The lowest BCUT2D eigenvalue weighted by atomic mass is 10.2. The van der Waals surface area contributed by atoms with Crippen LogP contribution < -0.4 is 4.74 Å². The number of ether oxygens (including phenoxy) is 1. The van der Waals surface area contributed by atoms with Crippen molar-refractivity contribution in [1.82, 2.24) is 4.90 Å². The van der Waals surface area contributed by atoms with E-state index in [0.29, 0.717) is 6.61 Å². The molecule has 1 heterocycles. The number of aryl methyl sites for hydroxylation is 1. The van der Waals surface area contributed by atoms with Crippen LogP contribution in [0.5, 0.6) is 5.75 Å². The molecule has 0 unspecified atom stereocenters. The molecule has 3 nitrogen and oxygen atoms in total. The van der Waals surface area contributed by atoms with E-state index in [9.17, 15) is 5.11 Å². The van der Waals surface area contributed by atoms with Crippen molar-refractivity contribution >= 4 is 0 Å². The third kappa shape index (κ3) is 3.72. The average molecular weight is 235 g/mol. The molecule has 0 spiro atoms. The molecule has 1 atom stereocenters. The summed E-state index contributed by atoms with van der Waals surface area (Å²) in [5, 5.41) is 9.40. The Balaban J connectivity index is 1.74. The van der Waals surface area contributed by atoms with Crippen LogP contribution >= 0.6 is 0 Å². The SMILES string of the molecule is CCc1cccc(OCCN2CC[C@H](O)C2)c1. The monoisotopic (exact) mass is 235 g/mol. The van der Waals surface area contributed by atoms with Gasteiger partial charge in [-0.25, -0.2) is 0 Å². The van der Waals surface area contributed by atoms with Crippen LogP contribution in [0.15, 0.2) is 24.3 Å². The molecule has 1 aliphatic rings. The van der Waals surface area contributed by atoms with Crippen LogP contribution in [0.1, 0.15) is 18.9 Å². The minimum atomic E-state index is -0.140. The molecular formula is C14H21NO2. The number of rotatable bonds is 5. The number of aliphatic hydroxyl groups excluding tert-OH is 1. The van der Waals surface area contributed by atoms with Crippen LogP contribution in [0.2, 0.25) is 0 Å². The van der Waals surface area contributed by atoms with Crippen molar-refractivity contribution in [3.8, 4) is 5.75 Å². The molecule has 1 aromatic rings. The summed E-state index contributed by atoms with van der Waals surface area (Å²) in [6.07, 6.45) is 1.79. The summed E-state index contributed by atoms with van der Waals surface area (Å²) >= 11 is 0. The van der Waals surface area contributed by atoms with Crippen LogP contribution in [-0.4, -0.2) is 42.4 Å². The maximum atomic E-state index is 9.40. The Kier molecular flexibility index (Phi) is 4.40. The van der Waals surface area contributed by atoms with Gasteiger partial charge in [0.1, 0.15) is 12.4 Å². The zero-order valence-corrected chi connectivity index (χ0v) is 10.4. The van der Waals surface area contributed by atoms with E-state index in [-0.39, 0.29) is 6.10 Å². The lowest BCUT2D eigenvalue weighted by molar-refractivity contribution is 0.167. The number of nitrogens with zero attached hydrogens (tertiary/aromatic N) is 1. The fourth-order valence-electron chi connectivity index (χ4n) is 2.16. The summed E-state index contributed by atoms with van der Waals surface area (Å²) in [5.41, 5.74) is 1.30. The van der Waals surface area contributed by atoms with E-state index in [1.165, 1.54) is 5.56 Å². The Hall–Kier alpha value is -1.06. The molecule has 3 heteroatoms. The van der Waals surface area contributed by atoms with Crippen LogP contribution in [-0.2, 0) is 6.42 Å². The Morgan fingerprint density at radius 1 is 1.47 bits per heavy atom. The van der Waals surface area contributed by atoms with Gasteiger partial charge < -0.3 is 9.84 Å². The van der Waals surface area contributed by atoms with Crippen molar-refractivity contribution in [2.45, 2.75) is 25.9 Å². The smallest absolute Gasteiger partial charge is 0.119 e. The molecule has 0 aromatic heterocycles. The van der Waals surface area contributed by atoms with Gasteiger partial charge >= 0.3 is 0 Å². The average Bonchev–Trinajstić information content (AvgIpc) is 2.75. The Morgan fingerprint density at radius 3 is 3.06 bits per heavy atom. The van der Waals surface area contributed by atoms with Crippen molar-refractivity contribution in [3.05, 3.63) is 29.8 Å². The topological polar surface area (TPSA) is 32.7 Å². The number of benzene rings is 1. The fraction of sp³-hybridized carbons (Fsp3) is 0.571. The predicted molar refractivity (Wildman–Crippen MR) is 68.4 cm³/mol. The van der Waals surface area contributed by atoms with E-state index in [0.717, 1.165) is 38.2 Å². The van der Waals surface area contributed by atoms with E-state index in [2.05, 4.69) is 24.0 Å². The summed E-state index contributed by atoms with van der Waals surface area (Å²) in [5.74, 6) is 0.948. The van der Waals surface area contributed by atoms with Gasteiger partial charge in [-0.05, 0) is 30.5 Å². The molecule has 1 aliphatic heterocycles. The highest BCUT2D eigenvalue weighted by Gasteiger charge is 2.19. The number of β-amino-alcohol motifs (C(OH)–C–C–N with tert-alkyl or cyclic N) is 1. The third-order valence-electron chi connectivity index (χ3n) is 3.23. The lowest BCUT2D eigenvalue weighted by Crippen LogP contribution is -2.27. The van der Waals surface area contributed by atoms with Crippen molar-refractivity contribution in [2.24, 2.45) is 0 Å². The van der Waals surface area contributed by atoms with Crippen LogP contribution in [0.25, 0.3) is 0 Å². The molecular weight excluding hydrogens is 214 g/mol. The van der Waals surface area contributed by atoms with Gasteiger partial charge in [0.15, 0.2) is 0 Å². The number of hydrogen-bond donors (Lipinski definition) is 1. The van der Waals surface area contributed by atoms with Crippen LogP contribution in [0, 0.1) is 0 Å². The molecule has 17 heavy (non-hydrogen) atoms. The zero-order chi connectivity index (χ0) is 12.1. The van der Waals surface area contributed by atoms with E-state index in [1.807, 2.05) is 12.1 Å². The van der Waals surface area contributed by atoms with Crippen molar-refractivity contribution in [1.29, 1.82) is 0 Å². The third-order valence-corrected chi connectivity index (χ3v) is 3.23. The standard InChI is InChI=1S/C14H21NO2/c1-2-12-4-3-5-14(10-12)17-9-8-15-7-6-13(16)11-15/h3-5,10,13,16H,2,6-9,11H2,1H3/t13-/m0/s1. The van der Waals surface area contributed by atoms with Gasteiger partial charge in [-0.2, -0.15) is 0 Å². The maximum absolute atomic E-state index is 9.40. The highest BCUT2D eigenvalue weighted by atomic mass is 16.5. The lowest BCUT2D eigenvalue weighted by Gasteiger charge is -2.15. The second-order valence-electron chi connectivity index (χ2n) is 4.59. The molecule has 1 aromatic carbocycles. The Morgan fingerprint density at radius 2 is 2.35 bits per heavy atom. The fourth-order valence-corrected chi connectivity index (χ4v) is 2.16. The minimum Gasteiger partial charge on any atom is -0.492 e. The molecule has 94 valence electrons. The van der Waals surface area contributed by atoms with Gasteiger partial charge in [-0.15, -0.1) is 0 Å². The van der Waals surface area contributed by atoms with Crippen LogP contribution in [0.4, 0.5) is 0 Å². The first-order valence-electron chi connectivity index (χ1n) is 6.40. The first-order valence-corrected chi connectivity index (χ1v) is 6.40. The maximum Gasteiger partial charge on any atom is 0.119 e. The normalized spacial score (nSPS) is 20.7. The van der Waals surface area contributed by atoms with Crippen molar-refractivity contribution in [3.63, 3.8) is 0 Å². The Labute approximate surface area is 103 Å². The van der Waals surface area contributed by atoms with E-state index in [1.54, 1.807) is 0 Å². The zero-order valence-electron chi connectivity index (χ0n) is 10.4. The number of likely N-dealkylation sites (tertiary alicyclic amines) is 1. The van der Waals surface area contributed by atoms with Gasteiger partial charge in [0.05, 0.1) is 6.10 Å². The van der Waals surface area contributed by atoms with E-state index in [4.69, 9.17) is 4.74 Å². The van der Waals surface area contributed by atoms with Gasteiger partial charge in [0.25, 0.3) is 0 Å². The summed E-state index contributed by atoms with van der Waals surface area (Å²) < 4.78 is 5.72. The molecule has 0 aliphatic carbocycles. The highest BCUT2D eigenvalue weighted by Crippen LogP contribution is 2.14. The second kappa shape index (κ2) is 6.03. The van der Waals surface area contributed by atoms with Crippen molar-refractivity contribution < 1.29 is 9.84 Å². The molecule has 0 radical (unpaired) electrons. The summed E-state index contributed by atoms with van der Waals surface area (Å²) in [4.78, 5) is 2.24. The van der Waals surface area contributed by atoms with Gasteiger partial charge in [-0.1, -0.05) is 19.1 Å². The predicted octanol–water partition coefficient (Wildman–Crippen LogP) is 1.69. The molecule has 1 fully saturated rings. The molecule has 1 N–H and O–H groups in total. The first kappa shape index (κ1) is 12.4. The summed E-state index contributed by atoms with van der Waals surface area (Å²) in [6.45, 7) is 5.51. The molecule has 0 saturated carbocycles. The number of hydrogen-bond acceptors (Lipinski definition) is 3. The molecule has 1 saturated heterocycles. The van der Waals surface area contributed by atoms with Crippen molar-refractivity contribution in [2.75, 3.05) is 26.2 Å². The molecule has 2 rings (SSSR count). The van der Waals surface area contributed by atoms with Gasteiger partial charge in [0.2, 0.25) is 0 Å². The molecule has 0 bridgehead atoms. The van der Waals surface area contributed by atoms with Gasteiger partial charge in [0, 0.05) is 19.6 Å². The van der Waals surface area contributed by atoms with E-state index >= 15 is 0 Å². The molecule has 0 amide bonds.